The average molecular weight is 498 g/mol. The van der Waals surface area contributed by atoms with Crippen LogP contribution in [0.3, 0.4) is 0 Å². The summed E-state index contributed by atoms with van der Waals surface area (Å²) in [6, 6.07) is 2.73. The molecule has 0 bridgehead atoms. The topological polar surface area (TPSA) is 87.9 Å². The molecule has 28 heavy (non-hydrogen) atoms. The molecule has 2 aromatic rings. The van der Waals surface area contributed by atoms with Crippen molar-refractivity contribution in [2.24, 2.45) is 5.73 Å². The number of nitrogens with two attached hydrogens (primary N) is 1. The van der Waals surface area contributed by atoms with E-state index in [2.05, 4.69) is 22.5 Å². The van der Waals surface area contributed by atoms with Gasteiger partial charge in [0.25, 0.3) is 0 Å². The van der Waals surface area contributed by atoms with Crippen molar-refractivity contribution in [1.29, 1.82) is 0 Å². The number of ether oxygens (including phenoxy) is 1. The Kier molecular flexibility index (Phi) is 7.38. The molecule has 0 saturated carbocycles. The fourth-order valence-electron chi connectivity index (χ4n) is 2.40. The molecule has 0 aliphatic carbocycles. The third kappa shape index (κ3) is 4.16. The minimum absolute atomic E-state index is 0.0383. The van der Waals surface area contributed by atoms with Gasteiger partial charge in [0.2, 0.25) is 5.91 Å². The average Bonchev–Trinajstić information content (AvgIpc) is 2.97. The van der Waals surface area contributed by atoms with Gasteiger partial charge in [-0.3, -0.25) is 9.36 Å². The SMILES string of the molecule is C=CCOc1cc(C(N)=O)cc2c(Br)c(C(F)(F)P(=O)(OCC)OCC)sc12. The summed E-state index contributed by atoms with van der Waals surface area (Å²) in [5, 5.41) is 0.273. The maximum atomic E-state index is 15.2. The number of amides is 1. The second-order valence-corrected chi connectivity index (χ2v) is 9.32. The Balaban J connectivity index is 2.74. The monoisotopic (exact) mass is 497 g/mol. The quantitative estimate of drug-likeness (QED) is 0.338. The van der Waals surface area contributed by atoms with Gasteiger partial charge in [0.15, 0.2) is 0 Å². The van der Waals surface area contributed by atoms with Crippen LogP contribution in [0.25, 0.3) is 10.1 Å². The molecule has 1 amide bonds. The highest BCUT2D eigenvalue weighted by Gasteiger charge is 2.57. The number of carbonyl (C=O) groups is 1. The van der Waals surface area contributed by atoms with Gasteiger partial charge in [-0.2, -0.15) is 8.78 Å². The summed E-state index contributed by atoms with van der Waals surface area (Å²) >= 11 is 3.80. The fraction of sp³-hybridized carbons (Fsp3) is 0.353. The summed E-state index contributed by atoms with van der Waals surface area (Å²) in [4.78, 5) is 11.1. The molecule has 1 aromatic carbocycles. The van der Waals surface area contributed by atoms with E-state index in [4.69, 9.17) is 19.5 Å². The van der Waals surface area contributed by atoms with Gasteiger partial charge in [0.05, 0.1) is 17.9 Å². The molecule has 2 N–H and O–H groups in total. The minimum Gasteiger partial charge on any atom is -0.488 e. The van der Waals surface area contributed by atoms with E-state index in [9.17, 15) is 9.36 Å². The first kappa shape index (κ1) is 23.0. The van der Waals surface area contributed by atoms with Crippen molar-refractivity contribution in [2.45, 2.75) is 19.5 Å². The third-order valence-electron chi connectivity index (χ3n) is 3.55. The Morgan fingerprint density at radius 2 is 1.96 bits per heavy atom. The molecule has 1 aromatic heterocycles. The summed E-state index contributed by atoms with van der Waals surface area (Å²) in [5.74, 6) is -0.562. The normalized spacial score (nSPS) is 12.3. The Bertz CT molecular complexity index is 939. The van der Waals surface area contributed by atoms with Gasteiger partial charge in [-0.25, -0.2) is 0 Å². The lowest BCUT2D eigenvalue weighted by molar-refractivity contribution is 0.0387. The van der Waals surface area contributed by atoms with E-state index in [1.165, 1.54) is 32.1 Å². The molecule has 2 rings (SSSR count). The number of benzene rings is 1. The van der Waals surface area contributed by atoms with Gasteiger partial charge in [0, 0.05) is 15.4 Å². The first-order valence-electron chi connectivity index (χ1n) is 8.19. The smallest absolute Gasteiger partial charge is 0.405 e. The largest absolute Gasteiger partial charge is 0.488 e. The second-order valence-electron chi connectivity index (χ2n) is 5.43. The van der Waals surface area contributed by atoms with Crippen LogP contribution in [-0.2, 0) is 19.3 Å². The van der Waals surface area contributed by atoms with Gasteiger partial charge < -0.3 is 19.5 Å². The molecular formula is C17H19BrF2NO5PS. The van der Waals surface area contributed by atoms with Gasteiger partial charge in [-0.1, -0.05) is 12.7 Å². The Hall–Kier alpha value is -1.32. The summed E-state index contributed by atoms with van der Waals surface area (Å²) in [6.45, 7) is 6.09. The molecule has 0 atom stereocenters. The number of thiophene rings is 1. The van der Waals surface area contributed by atoms with E-state index in [1.807, 2.05) is 0 Å². The highest BCUT2D eigenvalue weighted by Crippen LogP contribution is 2.69. The first-order valence-corrected chi connectivity index (χ1v) is 11.3. The van der Waals surface area contributed by atoms with Crippen molar-refractivity contribution in [3.8, 4) is 5.75 Å². The van der Waals surface area contributed by atoms with Gasteiger partial charge in [-0.15, -0.1) is 11.3 Å². The van der Waals surface area contributed by atoms with E-state index in [0.29, 0.717) is 16.0 Å². The summed E-state index contributed by atoms with van der Waals surface area (Å²) in [5.41, 5.74) is 1.49. The number of alkyl halides is 2. The highest BCUT2D eigenvalue weighted by atomic mass is 79.9. The zero-order chi connectivity index (χ0) is 21.1. The molecule has 1 heterocycles. The van der Waals surface area contributed by atoms with E-state index in [1.54, 1.807) is 0 Å². The van der Waals surface area contributed by atoms with Crippen LogP contribution in [-0.4, -0.2) is 25.7 Å². The van der Waals surface area contributed by atoms with Crippen LogP contribution in [0.2, 0.25) is 0 Å². The lowest BCUT2D eigenvalue weighted by Gasteiger charge is -2.25. The molecule has 0 spiro atoms. The zero-order valence-electron chi connectivity index (χ0n) is 15.2. The third-order valence-corrected chi connectivity index (χ3v) is 8.19. The fourth-order valence-corrected chi connectivity index (χ4v) is 6.41. The molecule has 0 saturated heterocycles. The van der Waals surface area contributed by atoms with Crippen molar-refractivity contribution >= 4 is 50.9 Å². The molecule has 0 radical (unpaired) electrons. The van der Waals surface area contributed by atoms with Crippen LogP contribution in [0.1, 0.15) is 29.1 Å². The van der Waals surface area contributed by atoms with E-state index in [-0.39, 0.29) is 41.0 Å². The number of hydrogen-bond acceptors (Lipinski definition) is 6. The first-order chi connectivity index (χ1) is 13.1. The van der Waals surface area contributed by atoms with Crippen molar-refractivity contribution < 1.29 is 31.9 Å². The van der Waals surface area contributed by atoms with Crippen molar-refractivity contribution in [3.63, 3.8) is 0 Å². The second kappa shape index (κ2) is 9.00. The van der Waals surface area contributed by atoms with Crippen molar-refractivity contribution in [2.75, 3.05) is 19.8 Å². The molecule has 11 heteroatoms. The molecule has 0 fully saturated rings. The number of primary amides is 1. The molecule has 154 valence electrons. The summed E-state index contributed by atoms with van der Waals surface area (Å²) < 4.78 is 58.7. The molecule has 0 aliphatic rings. The van der Waals surface area contributed by atoms with Gasteiger partial charge in [0.1, 0.15) is 17.2 Å². The zero-order valence-corrected chi connectivity index (χ0v) is 18.5. The lowest BCUT2D eigenvalue weighted by atomic mass is 10.1. The Labute approximate surface area is 173 Å². The lowest BCUT2D eigenvalue weighted by Crippen LogP contribution is -2.17. The molecule has 6 nitrogen and oxygen atoms in total. The van der Waals surface area contributed by atoms with Crippen LogP contribution in [0.4, 0.5) is 8.78 Å². The summed E-state index contributed by atoms with van der Waals surface area (Å²) in [7, 11) is -4.80. The minimum atomic E-state index is -4.80. The Morgan fingerprint density at radius 1 is 1.36 bits per heavy atom. The van der Waals surface area contributed by atoms with Gasteiger partial charge in [-0.05, 0) is 41.9 Å². The maximum absolute atomic E-state index is 15.2. The number of fused-ring (bicyclic) bond motifs is 1. The van der Waals surface area contributed by atoms with Crippen LogP contribution in [0.5, 0.6) is 5.75 Å². The number of carbonyl (C=O) groups excluding carboxylic acids is 1. The van der Waals surface area contributed by atoms with E-state index < -0.39 is 24.0 Å². The predicted octanol–water partition coefficient (Wildman–Crippen LogP) is 5.64. The van der Waals surface area contributed by atoms with Crippen molar-refractivity contribution in [1.82, 2.24) is 0 Å². The van der Waals surface area contributed by atoms with Crippen LogP contribution >= 0.6 is 34.9 Å². The molecular weight excluding hydrogens is 479 g/mol. The maximum Gasteiger partial charge on any atom is 0.405 e. The van der Waals surface area contributed by atoms with Crippen molar-refractivity contribution in [3.05, 3.63) is 39.7 Å². The molecule has 0 aliphatic heterocycles. The standard InChI is InChI=1S/C17H19BrF2NO5PS/c1-4-7-24-12-9-10(16(21)22)8-11-13(18)15(28-14(11)12)17(19,20)27(23,25-5-2)26-6-3/h4,8-9H,1,5-7H2,2-3H3,(H2,21,22). The summed E-state index contributed by atoms with van der Waals surface area (Å²) in [6.07, 6.45) is 1.47. The number of rotatable bonds is 10. The molecule has 0 unspecified atom stereocenters. The number of halogens is 3. The van der Waals surface area contributed by atoms with Crippen LogP contribution in [0.15, 0.2) is 29.3 Å². The van der Waals surface area contributed by atoms with E-state index in [0.717, 1.165) is 0 Å². The van der Waals surface area contributed by atoms with Crippen LogP contribution in [0, 0.1) is 0 Å². The number of hydrogen-bond donors (Lipinski definition) is 1. The van der Waals surface area contributed by atoms with Gasteiger partial charge >= 0.3 is 13.3 Å². The van der Waals surface area contributed by atoms with E-state index >= 15 is 8.78 Å². The Morgan fingerprint density at radius 3 is 2.46 bits per heavy atom. The highest BCUT2D eigenvalue weighted by molar-refractivity contribution is 9.10. The van der Waals surface area contributed by atoms with Crippen LogP contribution < -0.4 is 10.5 Å². The predicted molar refractivity (Wildman–Crippen MR) is 108 cm³/mol.